The van der Waals surface area contributed by atoms with Crippen LogP contribution in [0.1, 0.15) is 46.7 Å². The zero-order chi connectivity index (χ0) is 23.6. The summed E-state index contributed by atoms with van der Waals surface area (Å²) in [6.07, 6.45) is 1.88. The number of nitrogens with zero attached hydrogens (tertiary/aromatic N) is 2. The molecule has 1 aliphatic heterocycles. The average molecular weight is 484 g/mol. The van der Waals surface area contributed by atoms with Crippen molar-refractivity contribution in [3.05, 3.63) is 65.0 Å². The number of carbonyl (C=O) groups is 2. The molecule has 1 aromatic heterocycles. The molecule has 1 amide bonds. The van der Waals surface area contributed by atoms with E-state index in [1.54, 1.807) is 0 Å². The first kappa shape index (κ1) is 23.3. The Morgan fingerprint density at radius 1 is 1.09 bits per heavy atom. The summed E-state index contributed by atoms with van der Waals surface area (Å²) in [5.41, 5.74) is 1.63. The Labute approximate surface area is 197 Å². The van der Waals surface area contributed by atoms with Crippen LogP contribution >= 0.6 is 11.3 Å². The second-order valence-corrected chi connectivity index (χ2v) is 11.1. The molecule has 0 radical (unpaired) electrons. The lowest BCUT2D eigenvalue weighted by Crippen LogP contribution is -2.39. The number of amides is 1. The minimum absolute atomic E-state index is 0.131. The molecule has 3 aromatic rings. The summed E-state index contributed by atoms with van der Waals surface area (Å²) in [5.74, 6) is -0.222. The van der Waals surface area contributed by atoms with Gasteiger partial charge in [0.15, 0.2) is 10.9 Å². The van der Waals surface area contributed by atoms with Gasteiger partial charge >= 0.3 is 0 Å². The van der Waals surface area contributed by atoms with Crippen LogP contribution in [0.5, 0.6) is 0 Å². The van der Waals surface area contributed by atoms with Gasteiger partial charge in [0.2, 0.25) is 10.0 Å². The largest absolute Gasteiger partial charge is 0.298 e. The molecule has 0 bridgehead atoms. The maximum absolute atomic E-state index is 12.9. The fourth-order valence-corrected chi connectivity index (χ4v) is 6.34. The summed E-state index contributed by atoms with van der Waals surface area (Å²) < 4.78 is 27.4. The van der Waals surface area contributed by atoms with Gasteiger partial charge in [0.1, 0.15) is 0 Å². The van der Waals surface area contributed by atoms with Crippen molar-refractivity contribution in [1.29, 1.82) is 0 Å². The molecule has 1 aliphatic rings. The van der Waals surface area contributed by atoms with E-state index in [9.17, 15) is 18.0 Å². The van der Waals surface area contributed by atoms with E-state index >= 15 is 0 Å². The van der Waals surface area contributed by atoms with Crippen LogP contribution in [-0.4, -0.2) is 42.5 Å². The van der Waals surface area contributed by atoms with Gasteiger partial charge in [0.25, 0.3) is 5.91 Å². The lowest BCUT2D eigenvalue weighted by atomic mass is 10.0. The second kappa shape index (κ2) is 9.54. The smallest absolute Gasteiger partial charge is 0.257 e. The number of thiazole rings is 1. The van der Waals surface area contributed by atoms with Crippen LogP contribution in [0.25, 0.3) is 11.3 Å². The summed E-state index contributed by atoms with van der Waals surface area (Å²) in [6.45, 7) is 4.54. The molecule has 33 heavy (non-hydrogen) atoms. The van der Waals surface area contributed by atoms with Crippen molar-refractivity contribution < 1.29 is 18.0 Å². The molecule has 2 heterocycles. The molecule has 0 unspecified atom stereocenters. The normalized spacial score (nSPS) is 17.0. The number of rotatable bonds is 6. The number of sulfonamides is 1. The van der Waals surface area contributed by atoms with Gasteiger partial charge < -0.3 is 0 Å². The lowest BCUT2D eigenvalue weighted by Gasteiger charge is -2.30. The van der Waals surface area contributed by atoms with E-state index in [4.69, 9.17) is 0 Å². The molecule has 1 saturated heterocycles. The van der Waals surface area contributed by atoms with Crippen molar-refractivity contribution >= 4 is 38.2 Å². The predicted molar refractivity (Wildman–Crippen MR) is 129 cm³/mol. The third-order valence-electron chi connectivity index (χ3n) is 5.59. The number of nitrogens with one attached hydrogen (secondary N) is 1. The monoisotopic (exact) mass is 483 g/mol. The van der Waals surface area contributed by atoms with E-state index in [1.807, 2.05) is 30.3 Å². The highest BCUT2D eigenvalue weighted by atomic mass is 32.2. The van der Waals surface area contributed by atoms with Crippen molar-refractivity contribution in [2.24, 2.45) is 5.92 Å². The Hall–Kier alpha value is -2.88. The molecule has 0 spiro atoms. The first-order valence-corrected chi connectivity index (χ1v) is 13.0. The van der Waals surface area contributed by atoms with Crippen LogP contribution < -0.4 is 5.32 Å². The maximum atomic E-state index is 12.9. The number of aromatic nitrogens is 1. The van der Waals surface area contributed by atoms with Crippen molar-refractivity contribution in [1.82, 2.24) is 9.29 Å². The molecule has 172 valence electrons. The van der Waals surface area contributed by atoms with Crippen LogP contribution in [0, 0.1) is 5.92 Å². The van der Waals surface area contributed by atoms with Gasteiger partial charge in [-0.2, -0.15) is 4.31 Å². The minimum atomic E-state index is -3.58. The highest BCUT2D eigenvalue weighted by molar-refractivity contribution is 7.89. The van der Waals surface area contributed by atoms with Crippen LogP contribution in [0.2, 0.25) is 0 Å². The van der Waals surface area contributed by atoms with E-state index in [-0.39, 0.29) is 10.7 Å². The number of carbonyl (C=O) groups excluding carboxylic acids is 2. The molecule has 9 heteroatoms. The summed E-state index contributed by atoms with van der Waals surface area (Å²) in [5, 5.41) is 3.04. The standard InChI is InChI=1S/C24H25N3O4S2/c1-16-7-6-14-27(15-16)33(30,31)20-12-10-19(11-13-20)23(29)26-24-25-21(22(32-24)17(2)28)18-8-4-3-5-9-18/h3-5,8-13,16H,6-7,14-15H2,1-2H3,(H,25,26,29)/t16-/m0/s1. The molecule has 7 nitrogen and oxygen atoms in total. The van der Waals surface area contributed by atoms with E-state index in [0.717, 1.165) is 29.7 Å². The topological polar surface area (TPSA) is 96.4 Å². The Kier molecular flexibility index (Phi) is 6.73. The molecular weight excluding hydrogens is 458 g/mol. The van der Waals surface area contributed by atoms with Crippen molar-refractivity contribution in [3.63, 3.8) is 0 Å². The van der Waals surface area contributed by atoms with Gasteiger partial charge in [-0.25, -0.2) is 13.4 Å². The van der Waals surface area contributed by atoms with Crippen molar-refractivity contribution in [2.45, 2.75) is 31.6 Å². The van der Waals surface area contributed by atoms with E-state index in [2.05, 4.69) is 17.2 Å². The van der Waals surface area contributed by atoms with Crippen molar-refractivity contribution in [3.8, 4) is 11.3 Å². The number of anilines is 1. The number of hydrogen-bond acceptors (Lipinski definition) is 6. The second-order valence-electron chi connectivity index (χ2n) is 8.21. The average Bonchev–Trinajstić information content (AvgIpc) is 3.24. The zero-order valence-corrected chi connectivity index (χ0v) is 20.1. The Balaban J connectivity index is 1.52. The molecule has 4 rings (SSSR count). The molecule has 1 atom stereocenters. The van der Waals surface area contributed by atoms with Crippen LogP contribution in [0.15, 0.2) is 59.5 Å². The van der Waals surface area contributed by atoms with E-state index in [0.29, 0.717) is 40.3 Å². The first-order chi connectivity index (χ1) is 15.8. The predicted octanol–water partition coefficient (Wildman–Crippen LogP) is 4.69. The van der Waals surface area contributed by atoms with Crippen LogP contribution in [0.4, 0.5) is 5.13 Å². The Bertz CT molecular complexity index is 1270. The fraction of sp³-hybridized carbons (Fsp3) is 0.292. The van der Waals surface area contributed by atoms with Gasteiger partial charge in [-0.3, -0.25) is 14.9 Å². The van der Waals surface area contributed by atoms with E-state index in [1.165, 1.54) is 35.5 Å². The number of hydrogen-bond donors (Lipinski definition) is 1. The molecule has 1 N–H and O–H groups in total. The first-order valence-electron chi connectivity index (χ1n) is 10.7. The third-order valence-corrected chi connectivity index (χ3v) is 8.54. The molecule has 0 aliphatic carbocycles. The SMILES string of the molecule is CC(=O)c1sc(NC(=O)c2ccc(S(=O)(=O)N3CCC[C@H](C)C3)cc2)nc1-c1ccccc1. The van der Waals surface area contributed by atoms with Gasteiger partial charge in [-0.15, -0.1) is 0 Å². The summed E-state index contributed by atoms with van der Waals surface area (Å²) in [6, 6.07) is 15.2. The quantitative estimate of drug-likeness (QED) is 0.513. The van der Waals surface area contributed by atoms with Gasteiger partial charge in [0.05, 0.1) is 15.5 Å². The molecule has 0 saturated carbocycles. The van der Waals surface area contributed by atoms with Gasteiger partial charge in [-0.1, -0.05) is 48.6 Å². The van der Waals surface area contributed by atoms with Crippen LogP contribution in [0.3, 0.4) is 0 Å². The van der Waals surface area contributed by atoms with E-state index < -0.39 is 15.9 Å². The molecule has 1 fully saturated rings. The maximum Gasteiger partial charge on any atom is 0.257 e. The third kappa shape index (κ3) is 5.05. The summed E-state index contributed by atoms with van der Waals surface area (Å²) >= 11 is 1.12. The lowest BCUT2D eigenvalue weighted by molar-refractivity contribution is 0.101. The summed E-state index contributed by atoms with van der Waals surface area (Å²) in [7, 11) is -3.58. The highest BCUT2D eigenvalue weighted by Gasteiger charge is 2.28. The Morgan fingerprint density at radius 3 is 2.42 bits per heavy atom. The number of piperidine rings is 1. The van der Waals surface area contributed by atoms with Gasteiger partial charge in [-0.05, 0) is 43.0 Å². The molecular formula is C24H25N3O4S2. The van der Waals surface area contributed by atoms with Crippen LogP contribution in [-0.2, 0) is 10.0 Å². The van der Waals surface area contributed by atoms with Gasteiger partial charge in [0, 0.05) is 31.1 Å². The Morgan fingerprint density at radius 2 is 1.79 bits per heavy atom. The summed E-state index contributed by atoms with van der Waals surface area (Å²) in [4.78, 5) is 29.9. The molecule has 2 aromatic carbocycles. The highest BCUT2D eigenvalue weighted by Crippen LogP contribution is 2.32. The number of ketones is 1. The zero-order valence-electron chi connectivity index (χ0n) is 18.4. The minimum Gasteiger partial charge on any atom is -0.298 e. The van der Waals surface area contributed by atoms with Crippen molar-refractivity contribution in [2.75, 3.05) is 18.4 Å². The fourth-order valence-electron chi connectivity index (χ4n) is 3.87. The number of Topliss-reactive ketones (excluding diaryl/α,β-unsaturated/α-hetero) is 1. The number of benzene rings is 2.